The molecule has 1 unspecified atom stereocenters. The van der Waals surface area contributed by atoms with Gasteiger partial charge in [0.15, 0.2) is 5.76 Å². The van der Waals surface area contributed by atoms with Crippen molar-refractivity contribution in [3.63, 3.8) is 0 Å². The number of hydrogen-bond donors (Lipinski definition) is 1. The summed E-state index contributed by atoms with van der Waals surface area (Å²) in [5.74, 6) is -0.255. The van der Waals surface area contributed by atoms with Crippen LogP contribution < -0.4 is 5.32 Å². The second-order valence-corrected chi connectivity index (χ2v) is 8.88. The van der Waals surface area contributed by atoms with Gasteiger partial charge in [-0.3, -0.25) is 4.79 Å². The van der Waals surface area contributed by atoms with Crippen molar-refractivity contribution in [2.24, 2.45) is 5.92 Å². The summed E-state index contributed by atoms with van der Waals surface area (Å²) in [6, 6.07) is 10.8. The van der Waals surface area contributed by atoms with Gasteiger partial charge >= 0.3 is 0 Å². The molecule has 1 atom stereocenters. The van der Waals surface area contributed by atoms with Crippen molar-refractivity contribution in [3.05, 3.63) is 53.3 Å². The van der Waals surface area contributed by atoms with Crippen molar-refractivity contribution in [1.82, 2.24) is 5.32 Å². The summed E-state index contributed by atoms with van der Waals surface area (Å²) in [6.45, 7) is 6.22. The maximum absolute atomic E-state index is 12.5. The average Bonchev–Trinajstić information content (AvgIpc) is 3.08. The topological polar surface area (TPSA) is 76.4 Å². The highest BCUT2D eigenvalue weighted by atomic mass is 32.2. The SMILES string of the molecule is CCCCc1ccc(C(NC(=O)c2ccc(S(C)(=O)=O)o2)C(C)C)cc1. The summed E-state index contributed by atoms with van der Waals surface area (Å²) in [5.41, 5.74) is 2.30. The number of furan rings is 1. The highest BCUT2D eigenvalue weighted by Crippen LogP contribution is 2.24. The third kappa shape index (κ3) is 5.21. The number of nitrogens with one attached hydrogen (secondary N) is 1. The van der Waals surface area contributed by atoms with Crippen LogP contribution in [0.4, 0.5) is 0 Å². The minimum Gasteiger partial charge on any atom is -0.440 e. The molecule has 0 aliphatic rings. The first kappa shape index (κ1) is 20.2. The average molecular weight is 378 g/mol. The molecule has 26 heavy (non-hydrogen) atoms. The number of unbranched alkanes of at least 4 members (excludes halogenated alkanes) is 1. The Hall–Kier alpha value is -2.08. The number of aryl methyl sites for hydroxylation is 1. The molecule has 0 bridgehead atoms. The first-order valence-corrected chi connectivity index (χ1v) is 10.8. The number of amides is 1. The fourth-order valence-electron chi connectivity index (χ4n) is 2.76. The molecule has 2 aromatic rings. The number of carbonyl (C=O) groups excluding carboxylic acids is 1. The summed E-state index contributed by atoms with van der Waals surface area (Å²) >= 11 is 0. The minimum atomic E-state index is -3.47. The van der Waals surface area contributed by atoms with Crippen LogP contribution in [0, 0.1) is 5.92 Å². The van der Waals surface area contributed by atoms with Crippen molar-refractivity contribution < 1.29 is 17.6 Å². The van der Waals surface area contributed by atoms with Crippen LogP contribution in [0.5, 0.6) is 0 Å². The van der Waals surface area contributed by atoms with Gasteiger partial charge < -0.3 is 9.73 Å². The van der Waals surface area contributed by atoms with Crippen LogP contribution in [-0.2, 0) is 16.3 Å². The number of sulfone groups is 1. The molecule has 0 fully saturated rings. The lowest BCUT2D eigenvalue weighted by Gasteiger charge is -2.22. The predicted molar refractivity (Wildman–Crippen MR) is 102 cm³/mol. The quantitative estimate of drug-likeness (QED) is 0.750. The summed E-state index contributed by atoms with van der Waals surface area (Å²) < 4.78 is 28.2. The molecular formula is C20H27NO4S. The Bertz CT molecular complexity index is 835. The molecule has 2 rings (SSSR count). The molecule has 142 valence electrons. The molecule has 0 saturated carbocycles. The minimum absolute atomic E-state index is 0.00404. The molecular weight excluding hydrogens is 350 g/mol. The molecule has 0 aliphatic heterocycles. The Balaban J connectivity index is 2.15. The van der Waals surface area contributed by atoms with Gasteiger partial charge in [-0.2, -0.15) is 0 Å². The Morgan fingerprint density at radius 2 is 1.77 bits per heavy atom. The lowest BCUT2D eigenvalue weighted by Crippen LogP contribution is -2.31. The third-order valence-electron chi connectivity index (χ3n) is 4.28. The van der Waals surface area contributed by atoms with E-state index in [-0.39, 0.29) is 22.8 Å². The lowest BCUT2D eigenvalue weighted by molar-refractivity contribution is 0.0892. The standard InChI is InChI=1S/C20H27NO4S/c1-5-6-7-15-8-10-16(11-9-15)19(14(2)3)21-20(22)17-12-13-18(25-17)26(4,23)24/h8-14,19H,5-7H2,1-4H3,(H,21,22). The van der Waals surface area contributed by atoms with Crippen LogP contribution in [0.2, 0.25) is 0 Å². The van der Waals surface area contributed by atoms with Gasteiger partial charge in [0.2, 0.25) is 14.9 Å². The van der Waals surface area contributed by atoms with Gasteiger partial charge in [-0.05, 0) is 42.0 Å². The summed E-state index contributed by atoms with van der Waals surface area (Å²) in [7, 11) is -3.47. The first-order chi connectivity index (χ1) is 12.2. The second-order valence-electron chi connectivity index (χ2n) is 6.93. The van der Waals surface area contributed by atoms with Gasteiger partial charge in [0.1, 0.15) is 0 Å². The van der Waals surface area contributed by atoms with Crippen LogP contribution >= 0.6 is 0 Å². The normalized spacial score (nSPS) is 13.0. The zero-order valence-corrected chi connectivity index (χ0v) is 16.6. The highest BCUT2D eigenvalue weighted by molar-refractivity contribution is 7.90. The van der Waals surface area contributed by atoms with Gasteiger partial charge in [0.25, 0.3) is 5.91 Å². The summed E-state index contributed by atoms with van der Waals surface area (Å²) in [6.07, 6.45) is 4.41. The van der Waals surface area contributed by atoms with Crippen LogP contribution in [0.25, 0.3) is 0 Å². The Labute approximate surface area is 155 Å². The van der Waals surface area contributed by atoms with E-state index in [1.54, 1.807) is 0 Å². The molecule has 0 aliphatic carbocycles. The number of rotatable bonds is 8. The molecule has 1 aromatic heterocycles. The van der Waals surface area contributed by atoms with Crippen molar-refractivity contribution in [1.29, 1.82) is 0 Å². The first-order valence-electron chi connectivity index (χ1n) is 8.92. The predicted octanol–water partition coefficient (Wildman–Crippen LogP) is 4.15. The molecule has 1 aromatic carbocycles. The van der Waals surface area contributed by atoms with Gasteiger partial charge in [-0.1, -0.05) is 51.5 Å². The number of carbonyl (C=O) groups is 1. The largest absolute Gasteiger partial charge is 0.440 e. The molecule has 0 saturated heterocycles. The Morgan fingerprint density at radius 1 is 1.12 bits per heavy atom. The van der Waals surface area contributed by atoms with E-state index < -0.39 is 15.7 Å². The van der Waals surface area contributed by atoms with Crippen LogP contribution in [0.15, 0.2) is 45.9 Å². The van der Waals surface area contributed by atoms with Crippen molar-refractivity contribution in [2.45, 2.75) is 51.2 Å². The van der Waals surface area contributed by atoms with E-state index in [4.69, 9.17) is 4.42 Å². The molecule has 5 nitrogen and oxygen atoms in total. The van der Waals surface area contributed by atoms with Gasteiger partial charge in [-0.25, -0.2) is 8.42 Å². The fourth-order valence-corrected chi connectivity index (χ4v) is 3.32. The fraction of sp³-hybridized carbons (Fsp3) is 0.450. The zero-order valence-electron chi connectivity index (χ0n) is 15.8. The maximum atomic E-state index is 12.5. The molecule has 0 radical (unpaired) electrons. The smallest absolute Gasteiger partial charge is 0.287 e. The van der Waals surface area contributed by atoms with Gasteiger partial charge in [-0.15, -0.1) is 0 Å². The van der Waals surface area contributed by atoms with E-state index >= 15 is 0 Å². The van der Waals surface area contributed by atoms with Gasteiger partial charge in [0.05, 0.1) is 6.04 Å². The molecule has 1 N–H and O–H groups in total. The van der Waals surface area contributed by atoms with E-state index in [0.29, 0.717) is 0 Å². The second kappa shape index (κ2) is 8.54. The van der Waals surface area contributed by atoms with E-state index in [0.717, 1.165) is 31.1 Å². The van der Waals surface area contributed by atoms with E-state index in [1.165, 1.54) is 17.7 Å². The molecule has 1 amide bonds. The monoisotopic (exact) mass is 377 g/mol. The maximum Gasteiger partial charge on any atom is 0.287 e. The van der Waals surface area contributed by atoms with Crippen molar-refractivity contribution in [2.75, 3.05) is 6.26 Å². The zero-order chi connectivity index (χ0) is 19.3. The summed E-state index contributed by atoms with van der Waals surface area (Å²) in [5, 5.41) is 2.74. The highest BCUT2D eigenvalue weighted by Gasteiger charge is 2.22. The molecule has 0 spiro atoms. The Morgan fingerprint density at radius 3 is 2.27 bits per heavy atom. The molecule has 6 heteroatoms. The van der Waals surface area contributed by atoms with Crippen LogP contribution in [-0.4, -0.2) is 20.6 Å². The van der Waals surface area contributed by atoms with Crippen molar-refractivity contribution in [3.8, 4) is 0 Å². The lowest BCUT2D eigenvalue weighted by atomic mass is 9.94. The summed E-state index contributed by atoms with van der Waals surface area (Å²) in [4.78, 5) is 12.5. The van der Waals surface area contributed by atoms with Crippen LogP contribution in [0.1, 0.15) is 61.3 Å². The van der Waals surface area contributed by atoms with E-state index in [1.807, 2.05) is 26.0 Å². The number of hydrogen-bond acceptors (Lipinski definition) is 4. The third-order valence-corrected chi connectivity index (χ3v) is 5.23. The van der Waals surface area contributed by atoms with Crippen LogP contribution in [0.3, 0.4) is 0 Å². The Kier molecular flexibility index (Phi) is 6.64. The van der Waals surface area contributed by atoms with E-state index in [2.05, 4.69) is 24.4 Å². The van der Waals surface area contributed by atoms with Crippen molar-refractivity contribution >= 4 is 15.7 Å². The number of benzene rings is 1. The van der Waals surface area contributed by atoms with Gasteiger partial charge in [0, 0.05) is 6.26 Å². The van der Waals surface area contributed by atoms with E-state index in [9.17, 15) is 13.2 Å². The molecule has 1 heterocycles.